The number of benzene rings is 2. The molecule has 2 aromatic rings. The molecule has 0 fully saturated rings. The number of amides is 2. The maximum atomic E-state index is 13.5. The lowest BCUT2D eigenvalue weighted by Crippen LogP contribution is -2.39. The number of carbonyl (C=O) groups is 1. The first-order chi connectivity index (χ1) is 10.8. The van der Waals surface area contributed by atoms with Crippen LogP contribution in [0.15, 0.2) is 42.5 Å². The summed E-state index contributed by atoms with van der Waals surface area (Å²) in [6.07, 6.45) is 0. The van der Waals surface area contributed by atoms with E-state index in [9.17, 15) is 18.0 Å². The summed E-state index contributed by atoms with van der Waals surface area (Å²) in [5, 5.41) is 4.77. The molecule has 0 aromatic heterocycles. The standard InChI is InChI=1S/C17H17F3N2O/c1-17(2,11-6-4-3-5-7-11)10-21-16(23)22-13-9-8-12(18)14(19)15(13)20/h3-9H,10H2,1-2H3,(H2,21,22,23). The van der Waals surface area contributed by atoms with Gasteiger partial charge in [-0.3, -0.25) is 0 Å². The van der Waals surface area contributed by atoms with Crippen molar-refractivity contribution in [1.29, 1.82) is 0 Å². The Labute approximate surface area is 132 Å². The van der Waals surface area contributed by atoms with Crippen LogP contribution >= 0.6 is 0 Å². The van der Waals surface area contributed by atoms with Gasteiger partial charge in [-0.05, 0) is 17.7 Å². The number of halogens is 3. The quantitative estimate of drug-likeness (QED) is 0.814. The first-order valence-corrected chi connectivity index (χ1v) is 7.05. The molecule has 0 saturated carbocycles. The molecule has 0 spiro atoms. The zero-order valence-electron chi connectivity index (χ0n) is 12.8. The Bertz CT molecular complexity index is 702. The highest BCUT2D eigenvalue weighted by molar-refractivity contribution is 5.89. The largest absolute Gasteiger partial charge is 0.337 e. The zero-order chi connectivity index (χ0) is 17.0. The van der Waals surface area contributed by atoms with Gasteiger partial charge in [0.2, 0.25) is 0 Å². The minimum Gasteiger partial charge on any atom is -0.337 e. The van der Waals surface area contributed by atoms with E-state index in [-0.39, 0.29) is 12.0 Å². The number of urea groups is 1. The van der Waals surface area contributed by atoms with Crippen molar-refractivity contribution in [3.8, 4) is 0 Å². The van der Waals surface area contributed by atoms with Gasteiger partial charge in [-0.2, -0.15) is 0 Å². The molecule has 0 bridgehead atoms. The maximum absolute atomic E-state index is 13.5. The van der Waals surface area contributed by atoms with Crippen molar-refractivity contribution < 1.29 is 18.0 Å². The smallest absolute Gasteiger partial charge is 0.319 e. The predicted molar refractivity (Wildman–Crippen MR) is 82.8 cm³/mol. The lowest BCUT2D eigenvalue weighted by atomic mass is 9.85. The van der Waals surface area contributed by atoms with Gasteiger partial charge in [0.25, 0.3) is 0 Å². The molecule has 0 radical (unpaired) electrons. The molecule has 122 valence electrons. The molecule has 23 heavy (non-hydrogen) atoms. The Morgan fingerprint density at radius 3 is 2.30 bits per heavy atom. The van der Waals surface area contributed by atoms with E-state index in [1.807, 2.05) is 44.2 Å². The number of carbonyl (C=O) groups excluding carboxylic acids is 1. The minimum absolute atomic E-state index is 0.286. The van der Waals surface area contributed by atoms with Crippen molar-refractivity contribution in [2.75, 3.05) is 11.9 Å². The van der Waals surface area contributed by atoms with Gasteiger partial charge in [0.05, 0.1) is 5.69 Å². The lowest BCUT2D eigenvalue weighted by molar-refractivity contribution is 0.249. The number of nitrogens with one attached hydrogen (secondary N) is 2. The minimum atomic E-state index is -1.62. The average Bonchev–Trinajstić information content (AvgIpc) is 2.54. The second-order valence-corrected chi connectivity index (χ2v) is 5.78. The maximum Gasteiger partial charge on any atom is 0.319 e. The van der Waals surface area contributed by atoms with Gasteiger partial charge in [0, 0.05) is 12.0 Å². The van der Waals surface area contributed by atoms with Crippen LogP contribution in [0.4, 0.5) is 23.7 Å². The summed E-state index contributed by atoms with van der Waals surface area (Å²) in [4.78, 5) is 11.8. The van der Waals surface area contributed by atoms with Crippen LogP contribution in [-0.4, -0.2) is 12.6 Å². The molecule has 6 heteroatoms. The third kappa shape index (κ3) is 4.03. The summed E-state index contributed by atoms with van der Waals surface area (Å²) in [5.74, 6) is -4.35. The molecule has 2 rings (SSSR count). The normalized spacial score (nSPS) is 11.2. The molecule has 0 saturated heterocycles. The van der Waals surface area contributed by atoms with Crippen LogP contribution in [0.1, 0.15) is 19.4 Å². The van der Waals surface area contributed by atoms with E-state index in [1.54, 1.807) is 0 Å². The summed E-state index contributed by atoms with van der Waals surface area (Å²) in [5.41, 5.74) is 0.267. The number of hydrogen-bond acceptors (Lipinski definition) is 1. The molecule has 0 aliphatic carbocycles. The van der Waals surface area contributed by atoms with Gasteiger partial charge in [-0.1, -0.05) is 44.2 Å². The fraction of sp³-hybridized carbons (Fsp3) is 0.235. The summed E-state index contributed by atoms with van der Waals surface area (Å²) in [7, 11) is 0. The Balaban J connectivity index is 1.99. The first-order valence-electron chi connectivity index (χ1n) is 7.05. The van der Waals surface area contributed by atoms with Crippen molar-refractivity contribution in [3.05, 3.63) is 65.5 Å². The second-order valence-electron chi connectivity index (χ2n) is 5.78. The number of anilines is 1. The van der Waals surface area contributed by atoms with E-state index in [1.165, 1.54) is 0 Å². The third-order valence-electron chi connectivity index (χ3n) is 3.53. The van der Waals surface area contributed by atoms with E-state index >= 15 is 0 Å². The predicted octanol–water partition coefficient (Wildman–Crippen LogP) is 4.20. The molecule has 2 N–H and O–H groups in total. The van der Waals surface area contributed by atoms with E-state index in [0.29, 0.717) is 0 Å². The van der Waals surface area contributed by atoms with Crippen LogP contribution in [0.3, 0.4) is 0 Å². The summed E-state index contributed by atoms with van der Waals surface area (Å²) in [6.45, 7) is 4.18. The molecule has 0 aliphatic heterocycles. The fourth-order valence-corrected chi connectivity index (χ4v) is 2.08. The molecular formula is C17H17F3N2O. The van der Waals surface area contributed by atoms with Crippen LogP contribution in [0.2, 0.25) is 0 Å². The fourth-order valence-electron chi connectivity index (χ4n) is 2.08. The van der Waals surface area contributed by atoms with Crippen LogP contribution in [0, 0.1) is 17.5 Å². The molecule has 2 aromatic carbocycles. The van der Waals surface area contributed by atoms with Crippen LogP contribution in [-0.2, 0) is 5.41 Å². The highest BCUT2D eigenvalue weighted by atomic mass is 19.2. The summed E-state index contributed by atoms with van der Waals surface area (Å²) in [6, 6.07) is 10.6. The zero-order valence-corrected chi connectivity index (χ0v) is 12.8. The van der Waals surface area contributed by atoms with Crippen LogP contribution in [0.25, 0.3) is 0 Å². The molecule has 0 heterocycles. The highest BCUT2D eigenvalue weighted by Crippen LogP contribution is 2.22. The molecule has 3 nitrogen and oxygen atoms in total. The Morgan fingerprint density at radius 2 is 1.65 bits per heavy atom. The van der Waals surface area contributed by atoms with Gasteiger partial charge < -0.3 is 10.6 Å². The van der Waals surface area contributed by atoms with Gasteiger partial charge in [0.1, 0.15) is 0 Å². The Kier molecular flexibility index (Phi) is 4.93. The SMILES string of the molecule is CC(C)(CNC(=O)Nc1ccc(F)c(F)c1F)c1ccccc1. The first kappa shape index (κ1) is 16.9. The summed E-state index contributed by atoms with van der Waals surface area (Å²) < 4.78 is 39.5. The van der Waals surface area contributed by atoms with Crippen molar-refractivity contribution in [2.45, 2.75) is 19.3 Å². The second kappa shape index (κ2) is 6.73. The Morgan fingerprint density at radius 1 is 1.00 bits per heavy atom. The van der Waals surface area contributed by atoms with Crippen molar-refractivity contribution >= 4 is 11.7 Å². The monoisotopic (exact) mass is 322 g/mol. The van der Waals surface area contributed by atoms with Gasteiger partial charge in [0.15, 0.2) is 17.5 Å². The number of rotatable bonds is 4. The van der Waals surface area contributed by atoms with Gasteiger partial charge in [-0.25, -0.2) is 18.0 Å². The average molecular weight is 322 g/mol. The van der Waals surface area contributed by atoms with Crippen LogP contribution in [0.5, 0.6) is 0 Å². The van der Waals surface area contributed by atoms with Crippen LogP contribution < -0.4 is 10.6 Å². The Hall–Kier alpha value is -2.50. The molecule has 0 atom stereocenters. The molecule has 0 aliphatic rings. The van der Waals surface area contributed by atoms with Crippen molar-refractivity contribution in [1.82, 2.24) is 5.32 Å². The summed E-state index contributed by atoms with van der Waals surface area (Å²) >= 11 is 0. The molecule has 2 amide bonds. The van der Waals surface area contributed by atoms with Crippen molar-refractivity contribution in [2.24, 2.45) is 0 Å². The van der Waals surface area contributed by atoms with Gasteiger partial charge >= 0.3 is 6.03 Å². The topological polar surface area (TPSA) is 41.1 Å². The third-order valence-corrected chi connectivity index (χ3v) is 3.53. The number of hydrogen-bond donors (Lipinski definition) is 2. The van der Waals surface area contributed by atoms with Crippen molar-refractivity contribution in [3.63, 3.8) is 0 Å². The molecular weight excluding hydrogens is 305 g/mol. The van der Waals surface area contributed by atoms with E-state index < -0.39 is 29.2 Å². The van der Waals surface area contributed by atoms with E-state index in [0.717, 1.165) is 17.7 Å². The van der Waals surface area contributed by atoms with E-state index in [4.69, 9.17) is 0 Å². The van der Waals surface area contributed by atoms with E-state index in [2.05, 4.69) is 10.6 Å². The van der Waals surface area contributed by atoms with Gasteiger partial charge in [-0.15, -0.1) is 0 Å². The lowest BCUT2D eigenvalue weighted by Gasteiger charge is -2.25. The molecule has 0 unspecified atom stereocenters. The highest BCUT2D eigenvalue weighted by Gasteiger charge is 2.21.